The second kappa shape index (κ2) is 4.48. The van der Waals surface area contributed by atoms with Crippen LogP contribution in [0, 0.1) is 0 Å². The van der Waals surface area contributed by atoms with E-state index in [-0.39, 0.29) is 10.8 Å². The number of anilines is 1. The lowest BCUT2D eigenvalue weighted by Crippen LogP contribution is -2.21. The van der Waals surface area contributed by atoms with E-state index in [0.29, 0.717) is 0 Å². The van der Waals surface area contributed by atoms with Crippen molar-refractivity contribution < 1.29 is 18.0 Å². The standard InChI is InChI=1S/C8H6ClF3N2O/c9-5-1-2-13-6(3-5)14-7(15)4-8(10,11)12/h1-3H,4H2,(H,13,14,15). The molecule has 0 aromatic carbocycles. The van der Waals surface area contributed by atoms with E-state index in [4.69, 9.17) is 11.6 Å². The Morgan fingerprint density at radius 1 is 1.53 bits per heavy atom. The fourth-order valence-electron chi connectivity index (χ4n) is 0.842. The summed E-state index contributed by atoms with van der Waals surface area (Å²) in [5, 5.41) is 2.27. The van der Waals surface area contributed by atoms with Gasteiger partial charge in [-0.1, -0.05) is 11.6 Å². The molecule has 15 heavy (non-hydrogen) atoms. The van der Waals surface area contributed by atoms with Crippen LogP contribution in [0.25, 0.3) is 0 Å². The second-order valence-electron chi connectivity index (χ2n) is 2.70. The molecule has 1 amide bonds. The lowest BCUT2D eigenvalue weighted by atomic mass is 10.4. The van der Waals surface area contributed by atoms with Crippen LogP contribution < -0.4 is 5.32 Å². The number of carbonyl (C=O) groups is 1. The number of alkyl halides is 3. The summed E-state index contributed by atoms with van der Waals surface area (Å²) < 4.78 is 35.3. The minimum Gasteiger partial charge on any atom is -0.310 e. The van der Waals surface area contributed by atoms with Crippen molar-refractivity contribution in [3.05, 3.63) is 23.4 Å². The summed E-state index contributed by atoms with van der Waals surface area (Å²) >= 11 is 5.55. The molecule has 0 unspecified atom stereocenters. The van der Waals surface area contributed by atoms with Crippen molar-refractivity contribution in [1.29, 1.82) is 0 Å². The Labute approximate surface area is 88.3 Å². The number of halogens is 4. The fraction of sp³-hybridized carbons (Fsp3) is 0.250. The summed E-state index contributed by atoms with van der Waals surface area (Å²) in [5.74, 6) is -1.17. The van der Waals surface area contributed by atoms with Gasteiger partial charge in [0.15, 0.2) is 0 Å². The number of amides is 1. The van der Waals surface area contributed by atoms with Gasteiger partial charge in [0.25, 0.3) is 0 Å². The monoisotopic (exact) mass is 238 g/mol. The highest BCUT2D eigenvalue weighted by atomic mass is 35.5. The van der Waals surface area contributed by atoms with Crippen LogP contribution in [0.5, 0.6) is 0 Å². The van der Waals surface area contributed by atoms with Crippen molar-refractivity contribution in [2.75, 3.05) is 5.32 Å². The molecule has 0 bridgehead atoms. The van der Waals surface area contributed by atoms with Crippen molar-refractivity contribution in [2.24, 2.45) is 0 Å². The number of aromatic nitrogens is 1. The average Bonchev–Trinajstić information content (AvgIpc) is 1.99. The molecule has 82 valence electrons. The van der Waals surface area contributed by atoms with E-state index in [9.17, 15) is 18.0 Å². The van der Waals surface area contributed by atoms with E-state index in [0.717, 1.165) is 0 Å². The van der Waals surface area contributed by atoms with Crippen LogP contribution in [0.4, 0.5) is 19.0 Å². The Hall–Kier alpha value is -1.30. The first-order chi connectivity index (χ1) is 6.87. The van der Waals surface area contributed by atoms with Crippen molar-refractivity contribution >= 4 is 23.3 Å². The molecule has 0 atom stereocenters. The highest BCUT2D eigenvalue weighted by Gasteiger charge is 2.31. The Morgan fingerprint density at radius 3 is 2.73 bits per heavy atom. The third-order valence-corrected chi connectivity index (χ3v) is 1.59. The van der Waals surface area contributed by atoms with Gasteiger partial charge in [-0.25, -0.2) is 4.98 Å². The number of nitrogens with one attached hydrogen (secondary N) is 1. The molecule has 1 rings (SSSR count). The van der Waals surface area contributed by atoms with Gasteiger partial charge in [0.05, 0.1) is 0 Å². The average molecular weight is 239 g/mol. The molecular weight excluding hydrogens is 233 g/mol. The van der Waals surface area contributed by atoms with Gasteiger partial charge in [0, 0.05) is 11.2 Å². The normalized spacial score (nSPS) is 11.2. The number of hydrogen-bond acceptors (Lipinski definition) is 2. The molecule has 0 saturated heterocycles. The van der Waals surface area contributed by atoms with E-state index in [1.807, 2.05) is 5.32 Å². The molecular formula is C8H6ClF3N2O. The molecule has 0 fully saturated rings. The molecule has 3 nitrogen and oxygen atoms in total. The van der Waals surface area contributed by atoms with Crippen LogP contribution in [-0.2, 0) is 4.79 Å². The smallest absolute Gasteiger partial charge is 0.310 e. The molecule has 7 heteroatoms. The van der Waals surface area contributed by atoms with Crippen LogP contribution >= 0.6 is 11.6 Å². The summed E-state index contributed by atoms with van der Waals surface area (Å²) in [6, 6.07) is 2.71. The van der Waals surface area contributed by atoms with Crippen LogP contribution in [0.3, 0.4) is 0 Å². The quantitative estimate of drug-likeness (QED) is 0.861. The Bertz CT molecular complexity index is 367. The minimum atomic E-state index is -4.53. The van der Waals surface area contributed by atoms with Gasteiger partial charge in [-0.3, -0.25) is 4.79 Å². The SMILES string of the molecule is O=C(CC(F)(F)F)Nc1cc(Cl)ccn1. The number of pyridine rings is 1. The van der Waals surface area contributed by atoms with Gasteiger partial charge < -0.3 is 5.32 Å². The van der Waals surface area contributed by atoms with E-state index in [1.165, 1.54) is 18.3 Å². The summed E-state index contributed by atoms with van der Waals surface area (Å²) in [5.41, 5.74) is 0. The van der Waals surface area contributed by atoms with Crippen LogP contribution in [0.15, 0.2) is 18.3 Å². The fourth-order valence-corrected chi connectivity index (χ4v) is 1.00. The lowest BCUT2D eigenvalue weighted by Gasteiger charge is -2.06. The molecule has 0 radical (unpaired) electrons. The first kappa shape index (κ1) is 11.8. The summed E-state index contributed by atoms with van der Waals surface area (Å²) in [6.07, 6.45) is -4.78. The van der Waals surface area contributed by atoms with Crippen molar-refractivity contribution in [3.8, 4) is 0 Å². The topological polar surface area (TPSA) is 42.0 Å². The molecule has 1 heterocycles. The van der Waals surface area contributed by atoms with Crippen molar-refractivity contribution in [1.82, 2.24) is 4.98 Å². The molecule has 0 aliphatic carbocycles. The minimum absolute atomic E-state index is 0.00301. The third-order valence-electron chi connectivity index (χ3n) is 1.35. The molecule has 0 saturated carbocycles. The number of carbonyl (C=O) groups excluding carboxylic acids is 1. The van der Waals surface area contributed by atoms with E-state index < -0.39 is 18.5 Å². The van der Waals surface area contributed by atoms with Crippen LogP contribution in [-0.4, -0.2) is 17.1 Å². The van der Waals surface area contributed by atoms with Crippen molar-refractivity contribution in [2.45, 2.75) is 12.6 Å². The molecule has 0 aliphatic heterocycles. The predicted molar refractivity (Wildman–Crippen MR) is 48.5 cm³/mol. The van der Waals surface area contributed by atoms with Gasteiger partial charge in [-0.15, -0.1) is 0 Å². The Balaban J connectivity index is 2.59. The lowest BCUT2D eigenvalue weighted by molar-refractivity contribution is -0.150. The van der Waals surface area contributed by atoms with Gasteiger partial charge >= 0.3 is 6.18 Å². The first-order valence-corrected chi connectivity index (χ1v) is 4.23. The molecule has 1 aromatic heterocycles. The molecule has 0 spiro atoms. The third kappa shape index (κ3) is 4.64. The largest absolute Gasteiger partial charge is 0.397 e. The maximum atomic E-state index is 11.8. The summed E-state index contributed by atoms with van der Waals surface area (Å²) in [4.78, 5) is 14.5. The van der Waals surface area contributed by atoms with Crippen molar-refractivity contribution in [3.63, 3.8) is 0 Å². The zero-order chi connectivity index (χ0) is 11.5. The zero-order valence-electron chi connectivity index (χ0n) is 7.31. The highest BCUT2D eigenvalue weighted by molar-refractivity contribution is 6.30. The number of rotatable bonds is 2. The Kier molecular flexibility index (Phi) is 3.52. The van der Waals surface area contributed by atoms with Gasteiger partial charge in [0.1, 0.15) is 12.2 Å². The Morgan fingerprint density at radius 2 is 2.20 bits per heavy atom. The van der Waals surface area contributed by atoms with Crippen LogP contribution in [0.2, 0.25) is 5.02 Å². The number of nitrogens with zero attached hydrogens (tertiary/aromatic N) is 1. The molecule has 0 aliphatic rings. The molecule has 1 N–H and O–H groups in total. The van der Waals surface area contributed by atoms with Crippen LogP contribution in [0.1, 0.15) is 6.42 Å². The summed E-state index contributed by atoms with van der Waals surface area (Å²) in [7, 11) is 0. The zero-order valence-corrected chi connectivity index (χ0v) is 8.06. The maximum Gasteiger partial charge on any atom is 0.397 e. The number of hydrogen-bond donors (Lipinski definition) is 1. The molecule has 1 aromatic rings. The van der Waals surface area contributed by atoms with E-state index in [2.05, 4.69) is 4.98 Å². The van der Waals surface area contributed by atoms with Gasteiger partial charge in [-0.05, 0) is 12.1 Å². The van der Waals surface area contributed by atoms with E-state index in [1.54, 1.807) is 0 Å². The van der Waals surface area contributed by atoms with Gasteiger partial charge in [0.2, 0.25) is 5.91 Å². The second-order valence-corrected chi connectivity index (χ2v) is 3.14. The van der Waals surface area contributed by atoms with E-state index >= 15 is 0 Å². The summed E-state index contributed by atoms with van der Waals surface area (Å²) in [6.45, 7) is 0. The first-order valence-electron chi connectivity index (χ1n) is 3.85. The highest BCUT2D eigenvalue weighted by Crippen LogP contribution is 2.20. The predicted octanol–water partition coefficient (Wildman–Crippen LogP) is 2.63. The van der Waals surface area contributed by atoms with Gasteiger partial charge in [-0.2, -0.15) is 13.2 Å². The maximum absolute atomic E-state index is 11.8.